The predicted octanol–water partition coefficient (Wildman–Crippen LogP) is 1.27. The lowest BCUT2D eigenvalue weighted by Gasteiger charge is -1.98. The molecule has 2 N–H and O–H groups in total. The molecule has 1 aromatic rings. The van der Waals surface area contributed by atoms with Crippen LogP contribution in [0.4, 0.5) is 0 Å². The van der Waals surface area contributed by atoms with Crippen LogP contribution in [0, 0.1) is 12.3 Å². The number of pyridine rings is 1. The van der Waals surface area contributed by atoms with Gasteiger partial charge in [-0.25, -0.2) is 4.98 Å². The minimum atomic E-state index is 0.548. The topological polar surface area (TPSA) is 38.9 Å². The molecule has 0 atom stereocenters. The number of hydrogen-bond donors (Lipinski definition) is 1. The van der Waals surface area contributed by atoms with Gasteiger partial charge in [-0.1, -0.05) is 17.7 Å². The molecule has 0 aliphatic carbocycles. The predicted molar refractivity (Wildman–Crippen MR) is 51.7 cm³/mol. The number of terminal acetylenes is 1. The van der Waals surface area contributed by atoms with E-state index in [0.29, 0.717) is 12.3 Å². The van der Waals surface area contributed by atoms with Crippen molar-refractivity contribution in [3.63, 3.8) is 0 Å². The molecule has 1 aromatic heterocycles. The van der Waals surface area contributed by atoms with E-state index in [9.17, 15) is 0 Å². The van der Waals surface area contributed by atoms with Gasteiger partial charge < -0.3 is 5.73 Å². The molecule has 62 valence electrons. The van der Waals surface area contributed by atoms with E-state index in [0.717, 1.165) is 10.6 Å². The van der Waals surface area contributed by atoms with Crippen LogP contribution in [0.2, 0.25) is 0 Å². The first-order chi connectivity index (χ1) is 5.86. The van der Waals surface area contributed by atoms with Crippen LogP contribution in [0.1, 0.15) is 5.56 Å². The highest BCUT2D eigenvalue weighted by Crippen LogP contribution is 2.14. The molecule has 0 amide bonds. The molecular weight excluding hydrogens is 168 g/mol. The number of rotatable bonds is 3. The summed E-state index contributed by atoms with van der Waals surface area (Å²) in [5.74, 6) is 3.20. The maximum absolute atomic E-state index is 5.47. The fraction of sp³-hybridized carbons (Fsp3) is 0.222. The molecule has 0 aromatic carbocycles. The summed E-state index contributed by atoms with van der Waals surface area (Å²) in [5.41, 5.74) is 6.56. The van der Waals surface area contributed by atoms with Gasteiger partial charge in [0.15, 0.2) is 0 Å². The molecule has 0 aliphatic heterocycles. The van der Waals surface area contributed by atoms with Gasteiger partial charge in [0, 0.05) is 12.7 Å². The zero-order valence-corrected chi connectivity index (χ0v) is 7.47. The Labute approximate surface area is 76.6 Å². The Kier molecular flexibility index (Phi) is 3.65. The number of nitrogens with zero attached hydrogens (tertiary/aromatic N) is 1. The van der Waals surface area contributed by atoms with E-state index < -0.39 is 0 Å². The third-order valence-electron chi connectivity index (χ3n) is 1.34. The van der Waals surface area contributed by atoms with Crippen LogP contribution in [0.3, 0.4) is 0 Å². The Balaban J connectivity index is 2.67. The van der Waals surface area contributed by atoms with Crippen LogP contribution < -0.4 is 5.73 Å². The first-order valence-corrected chi connectivity index (χ1v) is 4.56. The van der Waals surface area contributed by atoms with E-state index in [2.05, 4.69) is 10.9 Å². The zero-order valence-electron chi connectivity index (χ0n) is 6.66. The fourth-order valence-corrected chi connectivity index (χ4v) is 1.37. The molecule has 0 bridgehead atoms. The third kappa shape index (κ3) is 2.57. The van der Waals surface area contributed by atoms with Crippen LogP contribution in [0.25, 0.3) is 0 Å². The molecule has 0 aliphatic rings. The van der Waals surface area contributed by atoms with Gasteiger partial charge in [0.25, 0.3) is 0 Å². The van der Waals surface area contributed by atoms with Crippen molar-refractivity contribution in [2.45, 2.75) is 11.6 Å². The molecule has 0 radical (unpaired) electrons. The van der Waals surface area contributed by atoms with Crippen molar-refractivity contribution in [2.75, 3.05) is 5.75 Å². The lowest BCUT2D eigenvalue weighted by molar-refractivity contribution is 1.02. The molecule has 0 unspecified atom stereocenters. The molecule has 0 saturated carbocycles. The summed E-state index contributed by atoms with van der Waals surface area (Å²) in [7, 11) is 0. The Morgan fingerprint density at radius 1 is 1.67 bits per heavy atom. The lowest BCUT2D eigenvalue weighted by Crippen LogP contribution is -1.96. The maximum Gasteiger partial charge on any atom is 0.0972 e. The van der Waals surface area contributed by atoms with Crippen molar-refractivity contribution >= 4 is 11.8 Å². The summed E-state index contributed by atoms with van der Waals surface area (Å²) in [4.78, 5) is 4.14. The normalized spacial score (nSPS) is 9.33. The summed E-state index contributed by atoms with van der Waals surface area (Å²) in [6.45, 7) is 0.548. The molecule has 2 nitrogen and oxygen atoms in total. The van der Waals surface area contributed by atoms with E-state index >= 15 is 0 Å². The molecular formula is C9H10N2S. The molecule has 0 spiro atoms. The van der Waals surface area contributed by atoms with E-state index in [1.54, 1.807) is 18.0 Å². The van der Waals surface area contributed by atoms with Crippen molar-refractivity contribution in [1.29, 1.82) is 0 Å². The largest absolute Gasteiger partial charge is 0.326 e. The molecule has 0 fully saturated rings. The molecule has 1 heterocycles. The SMILES string of the molecule is C#CCSc1cc(CN)ccn1. The Bertz CT molecular complexity index is 291. The fourth-order valence-electron chi connectivity index (χ4n) is 0.772. The third-order valence-corrected chi connectivity index (χ3v) is 2.17. The average molecular weight is 178 g/mol. The second-order valence-electron chi connectivity index (χ2n) is 2.20. The molecule has 12 heavy (non-hydrogen) atoms. The van der Waals surface area contributed by atoms with Crippen LogP contribution in [0.5, 0.6) is 0 Å². The number of nitrogens with two attached hydrogens (primary N) is 1. The van der Waals surface area contributed by atoms with Crippen molar-refractivity contribution in [2.24, 2.45) is 5.73 Å². The van der Waals surface area contributed by atoms with Gasteiger partial charge in [0.2, 0.25) is 0 Å². The van der Waals surface area contributed by atoms with E-state index in [4.69, 9.17) is 12.2 Å². The summed E-state index contributed by atoms with van der Waals surface area (Å²) < 4.78 is 0. The molecule has 0 saturated heterocycles. The Hall–Kier alpha value is -0.980. The van der Waals surface area contributed by atoms with Crippen molar-refractivity contribution in [1.82, 2.24) is 4.98 Å². The molecule has 1 rings (SSSR count). The van der Waals surface area contributed by atoms with Gasteiger partial charge in [0.1, 0.15) is 0 Å². The Morgan fingerprint density at radius 2 is 2.50 bits per heavy atom. The van der Waals surface area contributed by atoms with E-state index in [-0.39, 0.29) is 0 Å². The lowest BCUT2D eigenvalue weighted by atomic mass is 10.3. The van der Waals surface area contributed by atoms with Crippen molar-refractivity contribution in [3.05, 3.63) is 23.9 Å². The van der Waals surface area contributed by atoms with E-state index in [1.807, 2.05) is 12.1 Å². The summed E-state index contributed by atoms with van der Waals surface area (Å²) >= 11 is 1.55. The number of thioether (sulfide) groups is 1. The second kappa shape index (κ2) is 4.81. The second-order valence-corrected chi connectivity index (χ2v) is 3.19. The Morgan fingerprint density at radius 3 is 3.17 bits per heavy atom. The highest BCUT2D eigenvalue weighted by atomic mass is 32.2. The van der Waals surface area contributed by atoms with Crippen molar-refractivity contribution < 1.29 is 0 Å². The number of aromatic nitrogens is 1. The van der Waals surface area contributed by atoms with Crippen LogP contribution in [-0.2, 0) is 6.54 Å². The van der Waals surface area contributed by atoms with Gasteiger partial charge in [-0.3, -0.25) is 0 Å². The van der Waals surface area contributed by atoms with Gasteiger partial charge in [-0.15, -0.1) is 6.42 Å². The van der Waals surface area contributed by atoms with E-state index in [1.165, 1.54) is 0 Å². The quantitative estimate of drug-likeness (QED) is 0.559. The zero-order chi connectivity index (χ0) is 8.81. The van der Waals surface area contributed by atoms with Crippen LogP contribution >= 0.6 is 11.8 Å². The monoisotopic (exact) mass is 178 g/mol. The summed E-state index contributed by atoms with van der Waals surface area (Å²) in [5, 5.41) is 0.941. The molecule has 3 heteroatoms. The summed E-state index contributed by atoms with van der Waals surface area (Å²) in [6.07, 6.45) is 6.87. The van der Waals surface area contributed by atoms with Crippen molar-refractivity contribution in [3.8, 4) is 12.3 Å². The minimum Gasteiger partial charge on any atom is -0.326 e. The first kappa shape index (κ1) is 9.11. The maximum atomic E-state index is 5.47. The number of hydrogen-bond acceptors (Lipinski definition) is 3. The van der Waals surface area contributed by atoms with Gasteiger partial charge >= 0.3 is 0 Å². The van der Waals surface area contributed by atoms with Crippen LogP contribution in [0.15, 0.2) is 23.4 Å². The van der Waals surface area contributed by atoms with Gasteiger partial charge in [-0.05, 0) is 17.7 Å². The van der Waals surface area contributed by atoms with Gasteiger partial charge in [-0.2, -0.15) is 0 Å². The van der Waals surface area contributed by atoms with Crippen LogP contribution in [-0.4, -0.2) is 10.7 Å². The summed E-state index contributed by atoms with van der Waals surface area (Å²) in [6, 6.07) is 3.86. The smallest absolute Gasteiger partial charge is 0.0972 e. The highest BCUT2D eigenvalue weighted by Gasteiger charge is 1.94. The average Bonchev–Trinajstić information content (AvgIpc) is 2.15. The van der Waals surface area contributed by atoms with Gasteiger partial charge in [0.05, 0.1) is 10.8 Å². The first-order valence-electron chi connectivity index (χ1n) is 3.58. The standard InChI is InChI=1S/C9H10N2S/c1-2-5-12-9-6-8(7-10)3-4-11-9/h1,3-4,6H,5,7,10H2. The highest BCUT2D eigenvalue weighted by molar-refractivity contribution is 7.99. The minimum absolute atomic E-state index is 0.548.